The number of nitrogens with one attached hydrogen (secondary N) is 1. The molecule has 11 heteroatoms. The molecule has 0 fully saturated rings. The van der Waals surface area contributed by atoms with Crippen molar-refractivity contribution in [3.63, 3.8) is 0 Å². The number of non-ortho nitro benzene ring substituents is 1. The molecule has 33 heavy (non-hydrogen) atoms. The number of halogens is 3. The van der Waals surface area contributed by atoms with Crippen LogP contribution in [-0.2, 0) is 6.61 Å². The van der Waals surface area contributed by atoms with Crippen LogP contribution in [-0.4, -0.2) is 24.2 Å². The van der Waals surface area contributed by atoms with E-state index in [1.54, 1.807) is 30.3 Å². The number of rotatable bonds is 8. The summed E-state index contributed by atoms with van der Waals surface area (Å²) >= 11 is 15.4. The maximum absolute atomic E-state index is 12.2. The summed E-state index contributed by atoms with van der Waals surface area (Å²) in [5, 5.41) is 15.7. The van der Waals surface area contributed by atoms with Crippen LogP contribution in [0.15, 0.2) is 64.2 Å². The number of methoxy groups -OCH3 is 1. The van der Waals surface area contributed by atoms with Gasteiger partial charge in [0.1, 0.15) is 6.61 Å². The van der Waals surface area contributed by atoms with Gasteiger partial charge in [0, 0.05) is 17.7 Å². The van der Waals surface area contributed by atoms with E-state index in [0.717, 1.165) is 5.56 Å². The molecular formula is C22H16BrCl2N3O5. The second-order valence-electron chi connectivity index (χ2n) is 6.58. The van der Waals surface area contributed by atoms with Crippen molar-refractivity contribution in [3.8, 4) is 11.5 Å². The van der Waals surface area contributed by atoms with E-state index in [1.165, 1.54) is 37.6 Å². The summed E-state index contributed by atoms with van der Waals surface area (Å²) in [6.07, 6.45) is 1.41. The van der Waals surface area contributed by atoms with E-state index in [4.69, 9.17) is 32.7 Å². The first kappa shape index (κ1) is 24.5. The van der Waals surface area contributed by atoms with Crippen LogP contribution in [0.4, 0.5) is 5.69 Å². The van der Waals surface area contributed by atoms with Gasteiger partial charge in [-0.1, -0.05) is 35.3 Å². The predicted molar refractivity (Wildman–Crippen MR) is 130 cm³/mol. The number of carbonyl (C=O) groups excluding carboxylic acids is 1. The molecule has 8 nitrogen and oxygen atoms in total. The minimum absolute atomic E-state index is 0.117. The van der Waals surface area contributed by atoms with Gasteiger partial charge in [-0.25, -0.2) is 5.43 Å². The topological polar surface area (TPSA) is 103 Å². The molecule has 0 aliphatic rings. The number of hydrogen-bond acceptors (Lipinski definition) is 6. The number of amides is 1. The Bertz CT molecular complexity index is 1240. The fourth-order valence-corrected chi connectivity index (χ4v) is 3.62. The van der Waals surface area contributed by atoms with Crippen molar-refractivity contribution in [3.05, 3.63) is 95.9 Å². The van der Waals surface area contributed by atoms with Crippen LogP contribution in [0.5, 0.6) is 11.5 Å². The zero-order valence-electron chi connectivity index (χ0n) is 17.1. The van der Waals surface area contributed by atoms with E-state index in [0.29, 0.717) is 31.6 Å². The molecule has 0 aromatic heterocycles. The van der Waals surface area contributed by atoms with Crippen LogP contribution in [0, 0.1) is 10.1 Å². The zero-order valence-corrected chi connectivity index (χ0v) is 20.1. The van der Waals surface area contributed by atoms with Gasteiger partial charge in [0.15, 0.2) is 11.5 Å². The standard InChI is InChI=1S/C22H16BrCl2N3O5/c1-32-20-9-14(11-26-27-22(29)15-3-2-4-16(10-15)28(30)31)7-17(23)21(20)33-12-13-5-6-18(24)19(25)8-13/h2-11H,12H2,1H3,(H,27,29)/b26-11-. The number of ether oxygens (including phenoxy) is 2. The molecule has 0 atom stereocenters. The molecule has 170 valence electrons. The van der Waals surface area contributed by atoms with Gasteiger partial charge >= 0.3 is 0 Å². The summed E-state index contributed by atoms with van der Waals surface area (Å²) in [6.45, 7) is 0.235. The third-order valence-corrected chi connectivity index (χ3v) is 5.65. The molecule has 1 amide bonds. The average molecular weight is 553 g/mol. The maximum Gasteiger partial charge on any atom is 0.271 e. The molecule has 0 bridgehead atoms. The first-order valence-corrected chi connectivity index (χ1v) is 10.9. The summed E-state index contributed by atoms with van der Waals surface area (Å²) in [6, 6.07) is 14.0. The molecule has 0 saturated heterocycles. The van der Waals surface area contributed by atoms with Crippen LogP contribution < -0.4 is 14.9 Å². The Balaban J connectivity index is 1.70. The van der Waals surface area contributed by atoms with Crippen molar-refractivity contribution < 1.29 is 19.2 Å². The number of carbonyl (C=O) groups is 1. The lowest BCUT2D eigenvalue weighted by Gasteiger charge is -2.14. The van der Waals surface area contributed by atoms with Crippen molar-refractivity contribution in [1.29, 1.82) is 0 Å². The number of nitro benzene ring substituents is 1. The van der Waals surface area contributed by atoms with Crippen molar-refractivity contribution in [2.45, 2.75) is 6.61 Å². The number of benzene rings is 3. The van der Waals surface area contributed by atoms with E-state index in [1.807, 2.05) is 0 Å². The summed E-state index contributed by atoms with van der Waals surface area (Å²) in [4.78, 5) is 22.5. The average Bonchev–Trinajstić information content (AvgIpc) is 2.80. The molecular weight excluding hydrogens is 537 g/mol. The Hall–Kier alpha value is -3.14. The maximum atomic E-state index is 12.2. The van der Waals surface area contributed by atoms with E-state index in [-0.39, 0.29) is 17.9 Å². The molecule has 3 aromatic rings. The summed E-state index contributed by atoms with van der Waals surface area (Å²) in [7, 11) is 1.50. The first-order valence-electron chi connectivity index (χ1n) is 9.30. The minimum Gasteiger partial charge on any atom is -0.493 e. The Morgan fingerprint density at radius 1 is 1.18 bits per heavy atom. The quantitative estimate of drug-likeness (QED) is 0.209. The molecule has 0 aliphatic heterocycles. The monoisotopic (exact) mass is 551 g/mol. The Morgan fingerprint density at radius 3 is 2.67 bits per heavy atom. The Kier molecular flexibility index (Phi) is 8.26. The highest BCUT2D eigenvalue weighted by Crippen LogP contribution is 2.37. The minimum atomic E-state index is -0.581. The molecule has 0 heterocycles. The fraction of sp³-hybridized carbons (Fsp3) is 0.0909. The molecule has 3 rings (SSSR count). The van der Waals surface area contributed by atoms with Gasteiger partial charge in [-0.05, 0) is 57.4 Å². The van der Waals surface area contributed by atoms with Gasteiger partial charge < -0.3 is 9.47 Å². The lowest BCUT2D eigenvalue weighted by molar-refractivity contribution is -0.384. The van der Waals surface area contributed by atoms with Crippen LogP contribution in [0.2, 0.25) is 10.0 Å². The van der Waals surface area contributed by atoms with Gasteiger partial charge in [0.2, 0.25) is 0 Å². The highest BCUT2D eigenvalue weighted by atomic mass is 79.9. The Morgan fingerprint density at radius 2 is 1.97 bits per heavy atom. The zero-order chi connectivity index (χ0) is 24.0. The summed E-state index contributed by atoms with van der Waals surface area (Å²) in [5.74, 6) is 0.333. The van der Waals surface area contributed by atoms with Crippen LogP contribution >= 0.6 is 39.1 Å². The molecule has 0 aliphatic carbocycles. The van der Waals surface area contributed by atoms with Gasteiger partial charge in [0.25, 0.3) is 11.6 Å². The highest BCUT2D eigenvalue weighted by Gasteiger charge is 2.13. The van der Waals surface area contributed by atoms with E-state index in [9.17, 15) is 14.9 Å². The van der Waals surface area contributed by atoms with Crippen LogP contribution in [0.3, 0.4) is 0 Å². The van der Waals surface area contributed by atoms with Crippen molar-refractivity contribution in [2.75, 3.05) is 7.11 Å². The predicted octanol–water partition coefficient (Wildman–Crippen LogP) is 6.02. The number of nitro groups is 1. The first-order chi connectivity index (χ1) is 15.8. The smallest absolute Gasteiger partial charge is 0.271 e. The molecule has 1 N–H and O–H groups in total. The third-order valence-electron chi connectivity index (χ3n) is 4.32. The highest BCUT2D eigenvalue weighted by molar-refractivity contribution is 9.10. The number of hydrogen-bond donors (Lipinski definition) is 1. The summed E-state index contributed by atoms with van der Waals surface area (Å²) in [5.41, 5.74) is 3.71. The van der Waals surface area contributed by atoms with Crippen LogP contribution in [0.25, 0.3) is 0 Å². The number of nitrogens with zero attached hydrogens (tertiary/aromatic N) is 2. The molecule has 0 spiro atoms. The van der Waals surface area contributed by atoms with Gasteiger partial charge in [-0.3, -0.25) is 14.9 Å². The van der Waals surface area contributed by atoms with E-state index < -0.39 is 10.8 Å². The number of hydrazone groups is 1. The third kappa shape index (κ3) is 6.44. The van der Waals surface area contributed by atoms with Gasteiger partial charge in [-0.15, -0.1) is 0 Å². The molecule has 3 aromatic carbocycles. The second kappa shape index (κ2) is 11.1. The Labute approximate surface area is 207 Å². The molecule has 0 unspecified atom stereocenters. The second-order valence-corrected chi connectivity index (χ2v) is 8.25. The van der Waals surface area contributed by atoms with Gasteiger partial charge in [-0.2, -0.15) is 5.10 Å². The fourth-order valence-electron chi connectivity index (χ4n) is 2.73. The lowest BCUT2D eigenvalue weighted by Crippen LogP contribution is -2.17. The van der Waals surface area contributed by atoms with E-state index >= 15 is 0 Å². The largest absolute Gasteiger partial charge is 0.493 e. The molecule has 0 saturated carbocycles. The molecule has 0 radical (unpaired) electrons. The van der Waals surface area contributed by atoms with Gasteiger partial charge in [0.05, 0.1) is 32.8 Å². The normalized spacial score (nSPS) is 10.8. The summed E-state index contributed by atoms with van der Waals surface area (Å²) < 4.78 is 11.9. The van der Waals surface area contributed by atoms with Crippen LogP contribution in [0.1, 0.15) is 21.5 Å². The van der Waals surface area contributed by atoms with Crippen molar-refractivity contribution in [1.82, 2.24) is 5.43 Å². The lowest BCUT2D eigenvalue weighted by atomic mass is 10.2. The van der Waals surface area contributed by atoms with Crippen molar-refractivity contribution >= 4 is 56.9 Å². The SMILES string of the molecule is COc1cc(/C=N\NC(=O)c2cccc([N+](=O)[O-])c2)cc(Br)c1OCc1ccc(Cl)c(Cl)c1. The van der Waals surface area contributed by atoms with Crippen molar-refractivity contribution in [2.24, 2.45) is 5.10 Å². The van der Waals surface area contributed by atoms with E-state index in [2.05, 4.69) is 26.5 Å².